The number of amides is 3. The standard InChI is InChI=1S/C20H19F3N6O3S/c1-33-19-24-9-14-15(25-19)28-7-3-6-13(28)10-29(17(14)31)12-5-2-4-11(8-12)16(30)26-27-18(32)20(21,22)23/h2,4-5,8-9,13H,3,6-7,10H2,1H3,(H,26,30)(H,27,32). The molecule has 3 amide bonds. The zero-order chi connectivity index (χ0) is 23.8. The molecule has 174 valence electrons. The van der Waals surface area contributed by atoms with Crippen LogP contribution in [-0.2, 0) is 4.79 Å². The molecule has 0 spiro atoms. The monoisotopic (exact) mass is 480 g/mol. The smallest absolute Gasteiger partial charge is 0.351 e. The molecule has 1 aromatic heterocycles. The van der Waals surface area contributed by atoms with E-state index in [0.29, 0.717) is 28.8 Å². The van der Waals surface area contributed by atoms with Crippen LogP contribution >= 0.6 is 11.8 Å². The Kier molecular flexibility index (Phi) is 6.15. The van der Waals surface area contributed by atoms with Gasteiger partial charge in [-0.1, -0.05) is 17.8 Å². The van der Waals surface area contributed by atoms with Crippen LogP contribution in [-0.4, -0.2) is 59.3 Å². The molecule has 4 rings (SSSR count). The Hall–Kier alpha value is -3.35. The lowest BCUT2D eigenvalue weighted by molar-refractivity contribution is -0.174. The average Bonchev–Trinajstić information content (AvgIpc) is 3.23. The lowest BCUT2D eigenvalue weighted by Crippen LogP contribution is -2.47. The number of aromatic nitrogens is 2. The number of anilines is 2. The molecule has 13 heteroatoms. The maximum atomic E-state index is 13.4. The summed E-state index contributed by atoms with van der Waals surface area (Å²) in [4.78, 5) is 49.0. The van der Waals surface area contributed by atoms with Gasteiger partial charge in [0.05, 0.1) is 0 Å². The van der Waals surface area contributed by atoms with Crippen LogP contribution in [0.4, 0.5) is 24.7 Å². The van der Waals surface area contributed by atoms with Crippen molar-refractivity contribution in [3.63, 3.8) is 0 Å². The van der Waals surface area contributed by atoms with E-state index in [1.54, 1.807) is 11.5 Å². The van der Waals surface area contributed by atoms with Crippen LogP contribution in [0.5, 0.6) is 0 Å². The minimum atomic E-state index is -5.13. The van der Waals surface area contributed by atoms with Gasteiger partial charge in [-0.05, 0) is 37.3 Å². The maximum absolute atomic E-state index is 13.4. The fraction of sp³-hybridized carbons (Fsp3) is 0.350. The summed E-state index contributed by atoms with van der Waals surface area (Å²) in [5, 5.41) is 0.556. The normalized spacial score (nSPS) is 17.8. The van der Waals surface area contributed by atoms with Crippen LogP contribution in [0.15, 0.2) is 35.6 Å². The predicted octanol–water partition coefficient (Wildman–Crippen LogP) is 2.15. The molecule has 2 aliphatic rings. The molecule has 2 aliphatic heterocycles. The Bertz CT molecular complexity index is 1110. The third kappa shape index (κ3) is 4.58. The van der Waals surface area contributed by atoms with Crippen LogP contribution < -0.4 is 20.7 Å². The van der Waals surface area contributed by atoms with Crippen molar-refractivity contribution in [2.24, 2.45) is 0 Å². The molecular formula is C20H19F3N6O3S. The Morgan fingerprint density at radius 2 is 2.03 bits per heavy atom. The molecule has 0 bridgehead atoms. The molecule has 0 radical (unpaired) electrons. The average molecular weight is 480 g/mol. The summed E-state index contributed by atoms with van der Waals surface area (Å²) >= 11 is 1.38. The van der Waals surface area contributed by atoms with E-state index >= 15 is 0 Å². The second-order valence-electron chi connectivity index (χ2n) is 7.46. The van der Waals surface area contributed by atoms with Crippen LogP contribution in [0.2, 0.25) is 0 Å². The quantitative estimate of drug-likeness (QED) is 0.394. The third-order valence-electron chi connectivity index (χ3n) is 5.41. The molecular weight excluding hydrogens is 461 g/mol. The Balaban J connectivity index is 1.61. The van der Waals surface area contributed by atoms with Gasteiger partial charge < -0.3 is 9.80 Å². The SMILES string of the molecule is CSc1ncc2c(n1)N1CCCC1CN(c1cccc(C(=O)NNC(=O)C(F)(F)F)c1)C2=O. The van der Waals surface area contributed by atoms with E-state index in [1.807, 2.05) is 6.26 Å². The molecule has 2 N–H and O–H groups in total. The number of hydrogen-bond acceptors (Lipinski definition) is 7. The topological polar surface area (TPSA) is 108 Å². The van der Waals surface area contributed by atoms with Crippen molar-refractivity contribution in [2.45, 2.75) is 30.2 Å². The molecule has 0 aliphatic carbocycles. The number of carbonyl (C=O) groups is 3. The number of nitrogens with zero attached hydrogens (tertiary/aromatic N) is 4. The largest absolute Gasteiger partial charge is 0.472 e. The van der Waals surface area contributed by atoms with Gasteiger partial charge in [0, 0.05) is 36.6 Å². The first-order valence-corrected chi connectivity index (χ1v) is 11.2. The van der Waals surface area contributed by atoms with Crippen molar-refractivity contribution in [1.29, 1.82) is 0 Å². The van der Waals surface area contributed by atoms with E-state index in [9.17, 15) is 27.6 Å². The van der Waals surface area contributed by atoms with Crippen molar-refractivity contribution in [3.05, 3.63) is 41.6 Å². The molecule has 1 atom stereocenters. The first-order valence-electron chi connectivity index (χ1n) is 9.96. The number of fused-ring (bicyclic) bond motifs is 3. The third-order valence-corrected chi connectivity index (χ3v) is 5.98. The van der Waals surface area contributed by atoms with Crippen molar-refractivity contribution in [1.82, 2.24) is 20.8 Å². The summed E-state index contributed by atoms with van der Waals surface area (Å²) < 4.78 is 37.0. The van der Waals surface area contributed by atoms with E-state index in [-0.39, 0.29) is 17.5 Å². The lowest BCUT2D eigenvalue weighted by Gasteiger charge is -2.27. The van der Waals surface area contributed by atoms with Crippen molar-refractivity contribution in [2.75, 3.05) is 29.1 Å². The molecule has 1 saturated heterocycles. The van der Waals surface area contributed by atoms with Gasteiger partial charge in [-0.3, -0.25) is 25.2 Å². The van der Waals surface area contributed by atoms with Gasteiger partial charge in [0.1, 0.15) is 11.4 Å². The molecule has 1 fully saturated rings. The van der Waals surface area contributed by atoms with Crippen LogP contribution in [0.25, 0.3) is 0 Å². The van der Waals surface area contributed by atoms with Gasteiger partial charge in [0.25, 0.3) is 11.8 Å². The van der Waals surface area contributed by atoms with Crippen LogP contribution in [0.1, 0.15) is 33.6 Å². The highest BCUT2D eigenvalue weighted by Gasteiger charge is 2.39. The molecule has 1 aromatic carbocycles. The Labute approximate surface area is 190 Å². The first-order chi connectivity index (χ1) is 15.7. The summed E-state index contributed by atoms with van der Waals surface area (Å²) in [5.41, 5.74) is 3.76. The molecule has 33 heavy (non-hydrogen) atoms. The predicted molar refractivity (Wildman–Crippen MR) is 114 cm³/mol. The van der Waals surface area contributed by atoms with Gasteiger partial charge in [0.15, 0.2) is 5.16 Å². The number of thioether (sulfide) groups is 1. The maximum Gasteiger partial charge on any atom is 0.472 e. The van der Waals surface area contributed by atoms with E-state index in [0.717, 1.165) is 19.4 Å². The number of alkyl halides is 3. The lowest BCUT2D eigenvalue weighted by atomic mass is 10.1. The first kappa shape index (κ1) is 22.8. The number of hydrazine groups is 1. The van der Waals surface area contributed by atoms with Gasteiger partial charge in [-0.25, -0.2) is 9.97 Å². The molecule has 3 heterocycles. The Morgan fingerprint density at radius 3 is 2.76 bits per heavy atom. The van der Waals surface area contributed by atoms with Crippen molar-refractivity contribution < 1.29 is 27.6 Å². The minimum absolute atomic E-state index is 0.0170. The van der Waals surface area contributed by atoms with Gasteiger partial charge >= 0.3 is 12.1 Å². The van der Waals surface area contributed by atoms with Crippen LogP contribution in [0, 0.1) is 0 Å². The number of halogens is 3. The highest BCUT2D eigenvalue weighted by Crippen LogP contribution is 2.34. The number of benzene rings is 1. The van der Waals surface area contributed by atoms with Crippen molar-refractivity contribution >= 4 is 41.0 Å². The van der Waals surface area contributed by atoms with Gasteiger partial charge in [-0.15, -0.1) is 0 Å². The molecule has 2 aromatic rings. The number of carbonyl (C=O) groups excluding carboxylic acids is 3. The highest BCUT2D eigenvalue weighted by molar-refractivity contribution is 7.98. The van der Waals surface area contributed by atoms with Crippen LogP contribution in [0.3, 0.4) is 0 Å². The summed E-state index contributed by atoms with van der Waals surface area (Å²) in [6.45, 7) is 1.10. The summed E-state index contributed by atoms with van der Waals surface area (Å²) in [6.07, 6.45) is -0.000937. The molecule has 1 unspecified atom stereocenters. The van der Waals surface area contributed by atoms with E-state index in [1.165, 1.54) is 46.5 Å². The molecule has 0 saturated carbocycles. The van der Waals surface area contributed by atoms with Crippen molar-refractivity contribution in [3.8, 4) is 0 Å². The number of nitrogens with one attached hydrogen (secondary N) is 2. The minimum Gasteiger partial charge on any atom is -0.351 e. The second-order valence-corrected chi connectivity index (χ2v) is 8.23. The number of hydrogen-bond donors (Lipinski definition) is 2. The fourth-order valence-corrected chi connectivity index (χ4v) is 4.20. The van der Waals surface area contributed by atoms with E-state index < -0.39 is 18.0 Å². The second kappa shape index (κ2) is 8.89. The van der Waals surface area contributed by atoms with Gasteiger partial charge in [0.2, 0.25) is 0 Å². The highest BCUT2D eigenvalue weighted by atomic mass is 32.2. The zero-order valence-corrected chi connectivity index (χ0v) is 18.2. The van der Waals surface area contributed by atoms with Gasteiger partial charge in [-0.2, -0.15) is 13.2 Å². The zero-order valence-electron chi connectivity index (χ0n) is 17.3. The number of rotatable bonds is 3. The Morgan fingerprint density at radius 1 is 1.24 bits per heavy atom. The summed E-state index contributed by atoms with van der Waals surface area (Å²) in [5.74, 6) is -3.01. The summed E-state index contributed by atoms with van der Waals surface area (Å²) in [6, 6.07) is 5.90. The fourth-order valence-electron chi connectivity index (χ4n) is 3.86. The summed E-state index contributed by atoms with van der Waals surface area (Å²) in [7, 11) is 0. The van der Waals surface area contributed by atoms with E-state index in [4.69, 9.17) is 0 Å². The van der Waals surface area contributed by atoms with E-state index in [2.05, 4.69) is 14.9 Å². The molecule has 9 nitrogen and oxygen atoms in total.